The second-order valence-electron chi connectivity index (χ2n) is 4.60. The van der Waals surface area contributed by atoms with E-state index in [1.165, 1.54) is 0 Å². The molecule has 6 heteroatoms. The maximum atomic E-state index is 12.4. The Hall–Kier alpha value is -1.07. The van der Waals surface area contributed by atoms with Crippen LogP contribution in [0.2, 0.25) is 5.02 Å². The second-order valence-corrected chi connectivity index (χ2v) is 5.92. The SMILES string of the molecule is CC1C(C(=O)O)CCN1C(=O)c1ccc(Br)cc1Cl. The largest absolute Gasteiger partial charge is 0.481 e. The van der Waals surface area contributed by atoms with E-state index in [0.29, 0.717) is 23.6 Å². The third kappa shape index (κ3) is 2.77. The number of carboxylic acids is 1. The average Bonchev–Trinajstić information content (AvgIpc) is 2.70. The van der Waals surface area contributed by atoms with E-state index < -0.39 is 11.9 Å². The topological polar surface area (TPSA) is 57.6 Å². The quantitative estimate of drug-likeness (QED) is 0.895. The highest BCUT2D eigenvalue weighted by Crippen LogP contribution is 2.29. The van der Waals surface area contributed by atoms with E-state index >= 15 is 0 Å². The van der Waals surface area contributed by atoms with E-state index in [-0.39, 0.29) is 11.9 Å². The summed E-state index contributed by atoms with van der Waals surface area (Å²) < 4.78 is 0.798. The molecule has 0 aromatic heterocycles. The summed E-state index contributed by atoms with van der Waals surface area (Å²) in [4.78, 5) is 25.0. The van der Waals surface area contributed by atoms with Crippen molar-refractivity contribution in [3.05, 3.63) is 33.3 Å². The molecule has 0 radical (unpaired) electrons. The van der Waals surface area contributed by atoms with Crippen molar-refractivity contribution in [2.24, 2.45) is 5.92 Å². The number of hydrogen-bond acceptors (Lipinski definition) is 2. The van der Waals surface area contributed by atoms with Crippen LogP contribution in [0, 0.1) is 5.92 Å². The van der Waals surface area contributed by atoms with Gasteiger partial charge in [-0.15, -0.1) is 0 Å². The van der Waals surface area contributed by atoms with Gasteiger partial charge in [0.15, 0.2) is 0 Å². The van der Waals surface area contributed by atoms with Crippen LogP contribution in [0.5, 0.6) is 0 Å². The van der Waals surface area contributed by atoms with Crippen LogP contribution in [0.4, 0.5) is 0 Å². The summed E-state index contributed by atoms with van der Waals surface area (Å²) in [6.07, 6.45) is 0.483. The molecule has 4 nitrogen and oxygen atoms in total. The van der Waals surface area contributed by atoms with Crippen LogP contribution in [0.3, 0.4) is 0 Å². The predicted molar refractivity (Wildman–Crippen MR) is 75.4 cm³/mol. The van der Waals surface area contributed by atoms with E-state index in [4.69, 9.17) is 16.7 Å². The van der Waals surface area contributed by atoms with Gasteiger partial charge in [0.1, 0.15) is 0 Å². The van der Waals surface area contributed by atoms with Gasteiger partial charge in [-0.3, -0.25) is 9.59 Å². The van der Waals surface area contributed by atoms with Crippen molar-refractivity contribution in [1.82, 2.24) is 4.90 Å². The lowest BCUT2D eigenvalue weighted by Crippen LogP contribution is -2.37. The number of aliphatic carboxylic acids is 1. The number of likely N-dealkylation sites (tertiary alicyclic amines) is 1. The van der Waals surface area contributed by atoms with E-state index in [9.17, 15) is 9.59 Å². The van der Waals surface area contributed by atoms with Crippen molar-refractivity contribution in [2.45, 2.75) is 19.4 Å². The van der Waals surface area contributed by atoms with Crippen molar-refractivity contribution in [3.8, 4) is 0 Å². The van der Waals surface area contributed by atoms with Crippen LogP contribution in [-0.2, 0) is 4.79 Å². The third-order valence-corrected chi connectivity index (χ3v) is 4.30. The molecule has 0 spiro atoms. The fourth-order valence-electron chi connectivity index (χ4n) is 2.37. The number of carboxylic acid groups (broad SMARTS) is 1. The highest BCUT2D eigenvalue weighted by molar-refractivity contribution is 9.10. The third-order valence-electron chi connectivity index (χ3n) is 3.49. The number of carbonyl (C=O) groups excluding carboxylic acids is 1. The monoisotopic (exact) mass is 345 g/mol. The molecule has 1 aliphatic rings. The first-order valence-electron chi connectivity index (χ1n) is 5.90. The molecule has 1 N–H and O–H groups in total. The first-order valence-corrected chi connectivity index (χ1v) is 7.07. The zero-order valence-corrected chi connectivity index (χ0v) is 12.6. The Balaban J connectivity index is 2.23. The first-order chi connectivity index (χ1) is 8.91. The van der Waals surface area contributed by atoms with E-state index in [2.05, 4.69) is 15.9 Å². The standard InChI is InChI=1S/C13H13BrClNO3/c1-7-9(13(18)19)4-5-16(7)12(17)10-3-2-8(14)6-11(10)15/h2-3,6-7,9H,4-5H2,1H3,(H,18,19). The molecule has 1 heterocycles. The Morgan fingerprint density at radius 2 is 2.16 bits per heavy atom. The zero-order valence-electron chi connectivity index (χ0n) is 10.3. The second kappa shape index (κ2) is 5.51. The lowest BCUT2D eigenvalue weighted by molar-refractivity contribution is -0.142. The summed E-state index contributed by atoms with van der Waals surface area (Å²) in [6, 6.07) is 4.73. The summed E-state index contributed by atoms with van der Waals surface area (Å²) >= 11 is 9.34. The summed E-state index contributed by atoms with van der Waals surface area (Å²) in [5.74, 6) is -1.57. The molecule has 1 fully saturated rings. The lowest BCUT2D eigenvalue weighted by atomic mass is 10.0. The van der Waals surface area contributed by atoms with Crippen LogP contribution in [0.1, 0.15) is 23.7 Å². The fraction of sp³-hybridized carbons (Fsp3) is 0.385. The van der Waals surface area contributed by atoms with Gasteiger partial charge in [0.25, 0.3) is 5.91 Å². The predicted octanol–water partition coefficient (Wildman–Crippen LogP) is 3.04. The molecule has 0 aliphatic carbocycles. The fourth-order valence-corrected chi connectivity index (χ4v) is 3.13. The Bertz CT molecular complexity index is 535. The van der Waals surface area contributed by atoms with Crippen molar-refractivity contribution in [3.63, 3.8) is 0 Å². The smallest absolute Gasteiger partial charge is 0.308 e. The van der Waals surface area contributed by atoms with E-state index in [1.807, 2.05) is 0 Å². The van der Waals surface area contributed by atoms with Crippen LogP contribution in [0.15, 0.2) is 22.7 Å². The van der Waals surface area contributed by atoms with Crippen molar-refractivity contribution in [2.75, 3.05) is 6.54 Å². The molecule has 1 aliphatic heterocycles. The number of amides is 1. The zero-order chi connectivity index (χ0) is 14.2. The lowest BCUT2D eigenvalue weighted by Gasteiger charge is -2.23. The average molecular weight is 347 g/mol. The molecule has 1 aromatic rings. The molecule has 0 bridgehead atoms. The summed E-state index contributed by atoms with van der Waals surface area (Å²) in [5.41, 5.74) is 0.405. The minimum Gasteiger partial charge on any atom is -0.481 e. The van der Waals surface area contributed by atoms with Crippen LogP contribution >= 0.6 is 27.5 Å². The highest BCUT2D eigenvalue weighted by Gasteiger charge is 2.38. The number of nitrogens with zero attached hydrogens (tertiary/aromatic N) is 1. The van der Waals surface area contributed by atoms with Crippen molar-refractivity contribution in [1.29, 1.82) is 0 Å². The Morgan fingerprint density at radius 3 is 2.68 bits per heavy atom. The Labute approximate surface area is 124 Å². The maximum absolute atomic E-state index is 12.4. The summed E-state index contributed by atoms with van der Waals surface area (Å²) in [6.45, 7) is 2.21. The first kappa shape index (κ1) is 14.3. The normalized spacial score (nSPS) is 22.6. The van der Waals surface area contributed by atoms with Crippen LogP contribution in [-0.4, -0.2) is 34.5 Å². The number of carbonyl (C=O) groups is 2. The van der Waals surface area contributed by atoms with Gasteiger partial charge >= 0.3 is 5.97 Å². The number of benzene rings is 1. The molecule has 2 rings (SSSR count). The van der Waals surface area contributed by atoms with Gasteiger partial charge in [0.2, 0.25) is 0 Å². The Kier molecular flexibility index (Phi) is 4.16. The van der Waals surface area contributed by atoms with Gasteiger partial charge in [-0.05, 0) is 31.5 Å². The minimum absolute atomic E-state index is 0.214. The van der Waals surface area contributed by atoms with Gasteiger partial charge < -0.3 is 10.0 Å². The minimum atomic E-state index is -0.857. The maximum Gasteiger partial charge on any atom is 0.308 e. The molecule has 1 aromatic carbocycles. The number of halogens is 2. The molecule has 1 saturated heterocycles. The molecule has 0 saturated carbocycles. The summed E-state index contributed by atoms with van der Waals surface area (Å²) in [7, 11) is 0. The molecule has 102 valence electrons. The van der Waals surface area contributed by atoms with E-state index in [1.54, 1.807) is 30.0 Å². The molecule has 2 atom stereocenters. The van der Waals surface area contributed by atoms with Gasteiger partial charge in [-0.25, -0.2) is 0 Å². The van der Waals surface area contributed by atoms with Gasteiger partial charge in [0.05, 0.1) is 16.5 Å². The van der Waals surface area contributed by atoms with Crippen LogP contribution in [0.25, 0.3) is 0 Å². The molecule has 2 unspecified atom stereocenters. The van der Waals surface area contributed by atoms with Gasteiger partial charge in [-0.1, -0.05) is 27.5 Å². The van der Waals surface area contributed by atoms with Crippen molar-refractivity contribution >= 4 is 39.4 Å². The van der Waals surface area contributed by atoms with Gasteiger partial charge in [0, 0.05) is 17.1 Å². The number of hydrogen-bond donors (Lipinski definition) is 1. The molecular formula is C13H13BrClNO3. The Morgan fingerprint density at radius 1 is 1.47 bits per heavy atom. The molecule has 1 amide bonds. The van der Waals surface area contributed by atoms with Crippen LogP contribution < -0.4 is 0 Å². The number of rotatable bonds is 2. The molecular weight excluding hydrogens is 334 g/mol. The molecule has 19 heavy (non-hydrogen) atoms. The highest BCUT2D eigenvalue weighted by atomic mass is 79.9. The van der Waals surface area contributed by atoms with Crippen molar-refractivity contribution < 1.29 is 14.7 Å². The van der Waals surface area contributed by atoms with E-state index in [0.717, 1.165) is 4.47 Å². The summed E-state index contributed by atoms with van der Waals surface area (Å²) in [5, 5.41) is 9.44. The van der Waals surface area contributed by atoms with Gasteiger partial charge in [-0.2, -0.15) is 0 Å².